The van der Waals surface area contributed by atoms with Crippen LogP contribution in [0.15, 0.2) is 34.1 Å². The smallest absolute Gasteiger partial charge is 0.416 e. The standard InChI is InChI=1S/C26H33O3PS/c1-17-13-21(19-9-5-3-6-10-19)25-23(15-17)31-24-16-18(2)14-22(20-11-7-4-8-12-20)26(24)29-30(27)28-25/h13-16,19-20,27H,3-12H2,1-2H3. The van der Waals surface area contributed by atoms with Crippen LogP contribution in [-0.4, -0.2) is 4.89 Å². The number of rotatable bonds is 2. The molecule has 1 aliphatic heterocycles. The van der Waals surface area contributed by atoms with Crippen LogP contribution in [0.5, 0.6) is 11.5 Å². The van der Waals surface area contributed by atoms with Gasteiger partial charge >= 0.3 is 8.60 Å². The van der Waals surface area contributed by atoms with Gasteiger partial charge in [-0.3, -0.25) is 0 Å². The van der Waals surface area contributed by atoms with Crippen LogP contribution in [0.2, 0.25) is 0 Å². The Hall–Kier alpha value is -1.22. The van der Waals surface area contributed by atoms with E-state index in [1.54, 1.807) is 11.8 Å². The van der Waals surface area contributed by atoms with Crippen molar-refractivity contribution < 1.29 is 13.9 Å². The first-order chi connectivity index (χ1) is 15.1. The maximum atomic E-state index is 10.9. The predicted octanol–water partition coefficient (Wildman–Crippen LogP) is 8.54. The fraction of sp³-hybridized carbons (Fsp3) is 0.538. The molecule has 0 saturated heterocycles. The Morgan fingerprint density at radius 3 is 1.55 bits per heavy atom. The molecule has 1 N–H and O–H groups in total. The van der Waals surface area contributed by atoms with E-state index in [9.17, 15) is 4.89 Å². The van der Waals surface area contributed by atoms with Crippen molar-refractivity contribution in [1.82, 2.24) is 0 Å². The number of hydrogen-bond donors (Lipinski definition) is 1. The Balaban J connectivity index is 1.59. The molecule has 3 aliphatic rings. The molecule has 0 amide bonds. The second-order valence-electron chi connectivity index (χ2n) is 9.56. The average Bonchev–Trinajstić information content (AvgIpc) is 2.77. The maximum absolute atomic E-state index is 10.9. The molecule has 0 spiro atoms. The summed E-state index contributed by atoms with van der Waals surface area (Å²) in [4.78, 5) is 13.1. The molecule has 2 aromatic rings. The Kier molecular flexibility index (Phi) is 6.51. The first kappa shape index (κ1) is 21.6. The molecule has 2 fully saturated rings. The Labute approximate surface area is 191 Å². The third-order valence-electron chi connectivity index (χ3n) is 7.10. The van der Waals surface area contributed by atoms with E-state index < -0.39 is 8.60 Å². The highest BCUT2D eigenvalue weighted by atomic mass is 32.2. The molecule has 0 bridgehead atoms. The molecule has 0 aromatic heterocycles. The van der Waals surface area contributed by atoms with Gasteiger partial charge in [0.1, 0.15) is 11.5 Å². The lowest BCUT2D eigenvalue weighted by molar-refractivity contribution is 0.358. The van der Waals surface area contributed by atoms with E-state index >= 15 is 0 Å². The van der Waals surface area contributed by atoms with E-state index in [2.05, 4.69) is 38.1 Å². The summed E-state index contributed by atoms with van der Waals surface area (Å²) in [5.41, 5.74) is 5.05. The zero-order valence-electron chi connectivity index (χ0n) is 18.7. The summed E-state index contributed by atoms with van der Waals surface area (Å²) in [6.07, 6.45) is 12.6. The van der Waals surface area contributed by atoms with Crippen LogP contribution in [0, 0.1) is 13.8 Å². The Bertz CT molecular complexity index is 873. The zero-order chi connectivity index (χ0) is 21.4. The molecule has 5 rings (SSSR count). The molecule has 2 aliphatic carbocycles. The van der Waals surface area contributed by atoms with Crippen LogP contribution in [-0.2, 0) is 0 Å². The summed E-state index contributed by atoms with van der Waals surface area (Å²) in [7, 11) is -2.02. The van der Waals surface area contributed by atoms with E-state index in [-0.39, 0.29) is 0 Å². The van der Waals surface area contributed by atoms with Crippen LogP contribution in [0.4, 0.5) is 0 Å². The minimum absolute atomic E-state index is 0.514. The van der Waals surface area contributed by atoms with Crippen molar-refractivity contribution in [2.45, 2.75) is 99.7 Å². The molecule has 0 radical (unpaired) electrons. The van der Waals surface area contributed by atoms with Crippen molar-refractivity contribution in [3.8, 4) is 11.5 Å². The Morgan fingerprint density at radius 2 is 1.13 bits per heavy atom. The van der Waals surface area contributed by atoms with E-state index in [1.165, 1.54) is 86.5 Å². The molecular formula is C26H33O3PS. The van der Waals surface area contributed by atoms with Gasteiger partial charge in [0.05, 0.1) is 9.79 Å². The van der Waals surface area contributed by atoms with Crippen LogP contribution in [0.25, 0.3) is 0 Å². The van der Waals surface area contributed by atoms with Gasteiger partial charge in [-0.15, -0.1) is 0 Å². The summed E-state index contributed by atoms with van der Waals surface area (Å²) < 4.78 is 12.4. The van der Waals surface area contributed by atoms with Crippen molar-refractivity contribution in [3.63, 3.8) is 0 Å². The minimum atomic E-state index is -2.02. The topological polar surface area (TPSA) is 38.7 Å². The summed E-state index contributed by atoms with van der Waals surface area (Å²) in [5, 5.41) is 0. The van der Waals surface area contributed by atoms with Crippen molar-refractivity contribution in [1.29, 1.82) is 0 Å². The largest absolute Gasteiger partial charge is 0.460 e. The molecule has 3 nitrogen and oxygen atoms in total. The van der Waals surface area contributed by atoms with Crippen LogP contribution >= 0.6 is 20.4 Å². The van der Waals surface area contributed by atoms with E-state index in [4.69, 9.17) is 9.05 Å². The first-order valence-corrected chi connectivity index (χ1v) is 13.8. The number of benzene rings is 2. The van der Waals surface area contributed by atoms with Gasteiger partial charge in [-0.1, -0.05) is 62.4 Å². The van der Waals surface area contributed by atoms with Gasteiger partial charge in [0.25, 0.3) is 0 Å². The van der Waals surface area contributed by atoms with Gasteiger partial charge in [0.15, 0.2) is 0 Å². The highest BCUT2D eigenvalue weighted by molar-refractivity contribution is 7.99. The lowest BCUT2D eigenvalue weighted by Crippen LogP contribution is -2.11. The van der Waals surface area contributed by atoms with E-state index in [0.29, 0.717) is 11.8 Å². The van der Waals surface area contributed by atoms with Gasteiger partial charge in [-0.2, -0.15) is 0 Å². The predicted molar refractivity (Wildman–Crippen MR) is 129 cm³/mol. The average molecular weight is 457 g/mol. The summed E-state index contributed by atoms with van der Waals surface area (Å²) in [6, 6.07) is 8.97. The lowest BCUT2D eigenvalue weighted by atomic mass is 9.83. The minimum Gasteiger partial charge on any atom is -0.416 e. The van der Waals surface area contributed by atoms with Crippen molar-refractivity contribution >= 4 is 20.4 Å². The molecule has 5 heteroatoms. The first-order valence-electron chi connectivity index (χ1n) is 11.9. The van der Waals surface area contributed by atoms with Gasteiger partial charge in [-0.25, -0.2) is 0 Å². The Morgan fingerprint density at radius 1 is 0.710 bits per heavy atom. The maximum Gasteiger partial charge on any atom is 0.460 e. The summed E-state index contributed by atoms with van der Waals surface area (Å²) in [6.45, 7) is 4.35. The monoisotopic (exact) mass is 456 g/mol. The number of hydrogen-bond acceptors (Lipinski definition) is 4. The van der Waals surface area contributed by atoms with Gasteiger partial charge in [0.2, 0.25) is 0 Å². The van der Waals surface area contributed by atoms with Crippen LogP contribution in [0.1, 0.15) is 98.3 Å². The fourth-order valence-corrected chi connectivity index (χ4v) is 7.72. The lowest BCUT2D eigenvalue weighted by Gasteiger charge is -2.30. The van der Waals surface area contributed by atoms with Crippen molar-refractivity contribution in [2.75, 3.05) is 0 Å². The molecule has 0 atom stereocenters. The molecule has 1 heterocycles. The third-order valence-corrected chi connectivity index (χ3v) is 8.83. The quantitative estimate of drug-likeness (QED) is 0.460. The SMILES string of the molecule is Cc1cc2c(c(C3CCCCC3)c1)OP(O)Oc1c(cc(C)cc1C1CCCCC1)S2. The van der Waals surface area contributed by atoms with Gasteiger partial charge in [-0.05, 0) is 85.8 Å². The number of aryl methyl sites for hydroxylation is 2. The van der Waals surface area contributed by atoms with E-state index in [0.717, 1.165) is 21.3 Å². The molecule has 0 unspecified atom stereocenters. The highest BCUT2D eigenvalue weighted by Gasteiger charge is 2.31. The summed E-state index contributed by atoms with van der Waals surface area (Å²) in [5.74, 6) is 2.73. The van der Waals surface area contributed by atoms with Crippen LogP contribution < -0.4 is 9.05 Å². The second kappa shape index (κ2) is 9.33. The molecular weight excluding hydrogens is 423 g/mol. The second-order valence-corrected chi connectivity index (χ2v) is 11.5. The molecule has 166 valence electrons. The fourth-order valence-electron chi connectivity index (χ4n) is 5.61. The van der Waals surface area contributed by atoms with Crippen molar-refractivity contribution in [3.05, 3.63) is 46.5 Å². The normalized spacial score (nSPS) is 20.7. The highest BCUT2D eigenvalue weighted by Crippen LogP contribution is 2.55. The van der Waals surface area contributed by atoms with E-state index in [1.807, 2.05) is 0 Å². The molecule has 2 aromatic carbocycles. The summed E-state index contributed by atoms with van der Waals surface area (Å²) >= 11 is 1.75. The number of fused-ring (bicyclic) bond motifs is 2. The third kappa shape index (κ3) is 4.63. The van der Waals surface area contributed by atoms with Crippen LogP contribution in [0.3, 0.4) is 0 Å². The zero-order valence-corrected chi connectivity index (χ0v) is 20.4. The van der Waals surface area contributed by atoms with Gasteiger partial charge in [0, 0.05) is 0 Å². The molecule has 31 heavy (non-hydrogen) atoms. The van der Waals surface area contributed by atoms with Crippen molar-refractivity contribution in [2.24, 2.45) is 0 Å². The van der Waals surface area contributed by atoms with Gasteiger partial charge < -0.3 is 13.9 Å². The molecule has 2 saturated carbocycles.